The Morgan fingerprint density at radius 1 is 1.44 bits per heavy atom. The van der Waals surface area contributed by atoms with E-state index in [9.17, 15) is 0 Å². The first-order chi connectivity index (χ1) is 7.57. The Kier molecular flexibility index (Phi) is 2.75. The predicted molar refractivity (Wildman–Crippen MR) is 63.1 cm³/mol. The third kappa shape index (κ3) is 1.97. The van der Waals surface area contributed by atoms with Crippen LogP contribution in [0.5, 0.6) is 0 Å². The van der Waals surface area contributed by atoms with E-state index in [0.717, 1.165) is 11.1 Å². The summed E-state index contributed by atoms with van der Waals surface area (Å²) < 4.78 is 5.51. The van der Waals surface area contributed by atoms with E-state index in [1.54, 1.807) is 0 Å². The molecule has 1 aromatic rings. The van der Waals surface area contributed by atoms with E-state index in [1.165, 1.54) is 0 Å². The first-order valence-corrected chi connectivity index (χ1v) is 5.46. The number of epoxide rings is 1. The fourth-order valence-corrected chi connectivity index (χ4v) is 1.90. The number of hydrogen-bond acceptors (Lipinski definition) is 2. The number of nitrogens with zero attached hydrogens (tertiary/aromatic N) is 1. The minimum Gasteiger partial charge on any atom is -0.341 e. The average molecular weight is 234 g/mol. The number of ether oxygens (including phenoxy) is 1. The van der Waals surface area contributed by atoms with Gasteiger partial charge < -0.3 is 4.74 Å². The van der Waals surface area contributed by atoms with Crippen LogP contribution < -0.4 is 0 Å². The SMILES string of the molecule is CC(C)=CC1(C#N)OC1c1ccc(Cl)cc1. The summed E-state index contributed by atoms with van der Waals surface area (Å²) in [6, 6.07) is 9.62. The lowest BCUT2D eigenvalue weighted by molar-refractivity contribution is 0.365. The molecule has 1 aliphatic heterocycles. The topological polar surface area (TPSA) is 36.3 Å². The minimum absolute atomic E-state index is 0.162. The largest absolute Gasteiger partial charge is 0.341 e. The number of rotatable bonds is 2. The van der Waals surface area contributed by atoms with Crippen molar-refractivity contribution in [2.24, 2.45) is 0 Å². The zero-order chi connectivity index (χ0) is 11.8. The van der Waals surface area contributed by atoms with Crippen molar-refractivity contribution in [2.45, 2.75) is 25.6 Å². The molecule has 0 radical (unpaired) electrons. The van der Waals surface area contributed by atoms with E-state index in [2.05, 4.69) is 6.07 Å². The summed E-state index contributed by atoms with van der Waals surface area (Å²) in [7, 11) is 0. The lowest BCUT2D eigenvalue weighted by Gasteiger charge is -1.99. The van der Waals surface area contributed by atoms with Crippen LogP contribution in [0.15, 0.2) is 35.9 Å². The van der Waals surface area contributed by atoms with Crippen LogP contribution in [0.2, 0.25) is 5.02 Å². The molecule has 1 aliphatic rings. The van der Waals surface area contributed by atoms with Crippen molar-refractivity contribution >= 4 is 11.6 Å². The fraction of sp³-hybridized carbons (Fsp3) is 0.308. The molecule has 0 aromatic heterocycles. The smallest absolute Gasteiger partial charge is 0.204 e. The van der Waals surface area contributed by atoms with Crippen LogP contribution in [0.4, 0.5) is 0 Å². The molecule has 0 bridgehead atoms. The highest BCUT2D eigenvalue weighted by molar-refractivity contribution is 6.30. The maximum absolute atomic E-state index is 9.15. The number of nitriles is 1. The highest BCUT2D eigenvalue weighted by Crippen LogP contribution is 2.50. The minimum atomic E-state index is -0.771. The van der Waals surface area contributed by atoms with Crippen molar-refractivity contribution in [3.63, 3.8) is 0 Å². The molecule has 0 N–H and O–H groups in total. The molecule has 2 unspecified atom stereocenters. The van der Waals surface area contributed by atoms with Crippen LogP contribution >= 0.6 is 11.6 Å². The predicted octanol–water partition coefficient (Wildman–Crippen LogP) is 3.64. The van der Waals surface area contributed by atoms with E-state index < -0.39 is 5.60 Å². The van der Waals surface area contributed by atoms with E-state index in [4.69, 9.17) is 21.6 Å². The van der Waals surface area contributed by atoms with Crippen LogP contribution in [0.25, 0.3) is 0 Å². The second kappa shape index (κ2) is 3.93. The molecule has 1 aromatic carbocycles. The van der Waals surface area contributed by atoms with Crippen LogP contribution in [-0.4, -0.2) is 5.60 Å². The summed E-state index contributed by atoms with van der Waals surface area (Å²) in [5, 5.41) is 9.84. The van der Waals surface area contributed by atoms with Gasteiger partial charge in [-0.3, -0.25) is 0 Å². The molecule has 0 amide bonds. The summed E-state index contributed by atoms with van der Waals surface area (Å²) >= 11 is 5.81. The first-order valence-electron chi connectivity index (χ1n) is 5.08. The van der Waals surface area contributed by atoms with Gasteiger partial charge in [-0.05, 0) is 37.6 Å². The Labute approximate surface area is 100 Å². The Morgan fingerprint density at radius 3 is 2.56 bits per heavy atom. The third-order valence-electron chi connectivity index (χ3n) is 2.50. The average Bonchev–Trinajstić information content (AvgIpc) is 2.93. The van der Waals surface area contributed by atoms with E-state index in [-0.39, 0.29) is 6.10 Å². The number of halogens is 1. The second-order valence-corrected chi connectivity index (χ2v) is 4.61. The van der Waals surface area contributed by atoms with Crippen LogP contribution in [0.3, 0.4) is 0 Å². The van der Waals surface area contributed by atoms with Gasteiger partial charge in [-0.1, -0.05) is 29.3 Å². The normalized spacial score (nSPS) is 27.0. The number of benzene rings is 1. The van der Waals surface area contributed by atoms with Crippen molar-refractivity contribution < 1.29 is 4.74 Å². The first kappa shape index (κ1) is 11.2. The van der Waals surface area contributed by atoms with Gasteiger partial charge >= 0.3 is 0 Å². The van der Waals surface area contributed by atoms with Gasteiger partial charge in [0.05, 0.1) is 0 Å². The molecule has 16 heavy (non-hydrogen) atoms. The van der Waals surface area contributed by atoms with E-state index >= 15 is 0 Å². The molecule has 1 heterocycles. The molecule has 2 rings (SSSR count). The summed E-state index contributed by atoms with van der Waals surface area (Å²) in [6.07, 6.45) is 1.70. The standard InChI is InChI=1S/C13H12ClNO/c1-9(2)7-13(8-15)12(16-13)10-3-5-11(14)6-4-10/h3-7,12H,1-2H3. The second-order valence-electron chi connectivity index (χ2n) is 4.18. The van der Waals surface area contributed by atoms with Gasteiger partial charge in [-0.2, -0.15) is 5.26 Å². The van der Waals surface area contributed by atoms with E-state index in [1.807, 2.05) is 44.2 Å². The van der Waals surface area contributed by atoms with Gasteiger partial charge in [0.2, 0.25) is 5.60 Å². The lowest BCUT2D eigenvalue weighted by atomic mass is 9.99. The van der Waals surface area contributed by atoms with Crippen molar-refractivity contribution in [1.29, 1.82) is 5.26 Å². The quantitative estimate of drug-likeness (QED) is 0.578. The summed E-state index contributed by atoms with van der Waals surface area (Å²) in [4.78, 5) is 0. The fourth-order valence-electron chi connectivity index (χ4n) is 1.77. The molecule has 1 saturated heterocycles. The molecule has 3 heteroatoms. The monoisotopic (exact) mass is 233 g/mol. The van der Waals surface area contributed by atoms with Crippen LogP contribution in [0.1, 0.15) is 25.5 Å². The van der Waals surface area contributed by atoms with Crippen LogP contribution in [-0.2, 0) is 4.74 Å². The van der Waals surface area contributed by atoms with Gasteiger partial charge in [-0.25, -0.2) is 0 Å². The maximum Gasteiger partial charge on any atom is 0.204 e. The number of allylic oxidation sites excluding steroid dienone is 1. The molecule has 82 valence electrons. The third-order valence-corrected chi connectivity index (χ3v) is 2.75. The highest BCUT2D eigenvalue weighted by atomic mass is 35.5. The Bertz CT molecular complexity index is 468. The van der Waals surface area contributed by atoms with Gasteiger partial charge in [0, 0.05) is 5.02 Å². The molecule has 1 fully saturated rings. The maximum atomic E-state index is 9.15. The van der Waals surface area contributed by atoms with Gasteiger partial charge in [-0.15, -0.1) is 0 Å². The van der Waals surface area contributed by atoms with Crippen molar-refractivity contribution in [3.05, 3.63) is 46.5 Å². The zero-order valence-electron chi connectivity index (χ0n) is 9.20. The Balaban J connectivity index is 2.25. The van der Waals surface area contributed by atoms with Crippen molar-refractivity contribution in [2.75, 3.05) is 0 Å². The number of hydrogen-bond donors (Lipinski definition) is 0. The van der Waals surface area contributed by atoms with Crippen molar-refractivity contribution in [1.82, 2.24) is 0 Å². The molecular formula is C13H12ClNO. The Hall–Kier alpha value is -1.30. The lowest BCUT2D eigenvalue weighted by Crippen LogP contribution is -2.05. The molecule has 0 spiro atoms. The molecular weight excluding hydrogens is 222 g/mol. The summed E-state index contributed by atoms with van der Waals surface area (Å²) in [6.45, 7) is 3.92. The molecule has 2 atom stereocenters. The van der Waals surface area contributed by atoms with E-state index in [0.29, 0.717) is 5.02 Å². The van der Waals surface area contributed by atoms with Gasteiger partial charge in [0.15, 0.2) is 0 Å². The van der Waals surface area contributed by atoms with Crippen LogP contribution in [0, 0.1) is 11.3 Å². The molecule has 0 aliphatic carbocycles. The zero-order valence-corrected chi connectivity index (χ0v) is 9.95. The highest BCUT2D eigenvalue weighted by Gasteiger charge is 2.56. The van der Waals surface area contributed by atoms with Gasteiger partial charge in [0.25, 0.3) is 0 Å². The van der Waals surface area contributed by atoms with Crippen molar-refractivity contribution in [3.8, 4) is 6.07 Å². The molecule has 0 saturated carbocycles. The van der Waals surface area contributed by atoms with Gasteiger partial charge in [0.1, 0.15) is 12.2 Å². The Morgan fingerprint density at radius 2 is 2.06 bits per heavy atom. The summed E-state index contributed by atoms with van der Waals surface area (Å²) in [5.41, 5.74) is 1.30. The summed E-state index contributed by atoms with van der Waals surface area (Å²) in [5.74, 6) is 0. The molecule has 2 nitrogen and oxygen atoms in total.